The molecule has 0 unspecified atom stereocenters. The first-order chi connectivity index (χ1) is 21.7. The molecule has 4 aromatic rings. The second kappa shape index (κ2) is 12.4. The van der Waals surface area contributed by atoms with Gasteiger partial charge in [-0.2, -0.15) is 0 Å². The third-order valence-corrected chi connectivity index (χ3v) is 9.73. The molecule has 0 saturated carbocycles. The Morgan fingerprint density at radius 1 is 0.956 bits per heavy atom. The predicted octanol–water partition coefficient (Wildman–Crippen LogP) is 7.55. The van der Waals surface area contributed by atoms with Crippen LogP contribution in [-0.4, -0.2) is 40.6 Å². The first-order valence-electron chi connectivity index (χ1n) is 15.2. The summed E-state index contributed by atoms with van der Waals surface area (Å²) in [5.41, 5.74) is 12.1. The summed E-state index contributed by atoms with van der Waals surface area (Å²) in [7, 11) is 0. The van der Waals surface area contributed by atoms with Gasteiger partial charge in [0.05, 0.1) is 18.7 Å². The van der Waals surface area contributed by atoms with Crippen LogP contribution in [0.4, 0.5) is 11.4 Å². The van der Waals surface area contributed by atoms with Crippen molar-refractivity contribution in [2.24, 2.45) is 0 Å². The van der Waals surface area contributed by atoms with Crippen molar-refractivity contribution >= 4 is 41.1 Å². The quantitative estimate of drug-likeness (QED) is 0.198. The number of nitrogens with zero attached hydrogens (tertiary/aromatic N) is 2. The summed E-state index contributed by atoms with van der Waals surface area (Å²) < 4.78 is 2.23. The maximum Gasteiger partial charge on any atom is 0.307 e. The van der Waals surface area contributed by atoms with Crippen molar-refractivity contribution in [1.29, 1.82) is 0 Å². The molecule has 2 amide bonds. The van der Waals surface area contributed by atoms with Crippen molar-refractivity contribution in [2.75, 3.05) is 22.4 Å². The van der Waals surface area contributed by atoms with Crippen molar-refractivity contribution in [3.05, 3.63) is 106 Å². The first kappa shape index (κ1) is 30.5. The van der Waals surface area contributed by atoms with Gasteiger partial charge in [0.25, 0.3) is 5.91 Å². The fourth-order valence-corrected chi connectivity index (χ4v) is 7.42. The monoisotopic (exact) mass is 619 g/mol. The topological polar surface area (TPSA) is 90.0 Å². The van der Waals surface area contributed by atoms with E-state index in [4.69, 9.17) is 0 Å². The molecular weight excluding hydrogens is 582 g/mol. The number of hydrogen-bond donors (Lipinski definition) is 2. The van der Waals surface area contributed by atoms with E-state index in [1.54, 1.807) is 18.0 Å². The molecule has 230 valence electrons. The van der Waals surface area contributed by atoms with Gasteiger partial charge < -0.3 is 19.6 Å². The van der Waals surface area contributed by atoms with Gasteiger partial charge in [0.2, 0.25) is 5.91 Å². The van der Waals surface area contributed by atoms with Crippen LogP contribution in [0.5, 0.6) is 0 Å². The Bertz CT molecular complexity index is 1830. The predicted molar refractivity (Wildman–Crippen MR) is 182 cm³/mol. The molecule has 1 fully saturated rings. The van der Waals surface area contributed by atoms with E-state index in [-0.39, 0.29) is 18.2 Å². The summed E-state index contributed by atoms with van der Waals surface area (Å²) in [6.07, 6.45) is 3.37. The van der Waals surface area contributed by atoms with Crippen molar-refractivity contribution in [3.8, 4) is 22.3 Å². The van der Waals surface area contributed by atoms with Crippen LogP contribution in [0, 0.1) is 20.8 Å². The zero-order chi connectivity index (χ0) is 31.8. The molecule has 7 nitrogen and oxygen atoms in total. The molecule has 0 bridgehead atoms. The molecule has 2 heterocycles. The van der Waals surface area contributed by atoms with Crippen LogP contribution in [0.1, 0.15) is 56.6 Å². The molecule has 1 saturated heterocycles. The molecule has 45 heavy (non-hydrogen) atoms. The minimum Gasteiger partial charge on any atom is -0.481 e. The fourth-order valence-electron chi connectivity index (χ4n) is 6.74. The summed E-state index contributed by atoms with van der Waals surface area (Å²) in [6.45, 7) is 7.93. The van der Waals surface area contributed by atoms with Gasteiger partial charge >= 0.3 is 5.97 Å². The zero-order valence-corrected chi connectivity index (χ0v) is 26.9. The maximum atomic E-state index is 13.7. The average molecular weight is 620 g/mol. The third kappa shape index (κ3) is 5.82. The largest absolute Gasteiger partial charge is 0.481 e. The van der Waals surface area contributed by atoms with Gasteiger partial charge in [0, 0.05) is 42.6 Å². The number of aryl methyl sites for hydroxylation is 1. The van der Waals surface area contributed by atoms with Crippen LogP contribution < -0.4 is 9.62 Å². The second-order valence-electron chi connectivity index (χ2n) is 11.9. The summed E-state index contributed by atoms with van der Waals surface area (Å²) in [6, 6.07) is 21.7. The lowest BCUT2D eigenvalue weighted by Gasteiger charge is -2.36. The van der Waals surface area contributed by atoms with E-state index in [0.29, 0.717) is 37.3 Å². The highest BCUT2D eigenvalue weighted by molar-refractivity contribution is 7.99. The molecule has 4 aromatic carbocycles. The van der Waals surface area contributed by atoms with E-state index >= 15 is 0 Å². The molecule has 0 radical (unpaired) electrons. The van der Waals surface area contributed by atoms with Gasteiger partial charge in [0.1, 0.15) is 0 Å². The molecular formula is C37H37N3O4S. The van der Waals surface area contributed by atoms with E-state index in [9.17, 15) is 19.5 Å². The number of carboxylic acid groups (broad SMARTS) is 1. The molecule has 0 aliphatic carbocycles. The SMILES string of the molecule is CSN1Cc2ccc(NC(=O)c3ccccc3CN3CCCC3=O)cc2-c2c(C)c(-c3ccc(C)cc3)c(CC(=O)O)c(C)c21. The van der Waals surface area contributed by atoms with Crippen molar-refractivity contribution in [3.63, 3.8) is 0 Å². The lowest BCUT2D eigenvalue weighted by atomic mass is 9.81. The number of amides is 2. The molecule has 0 aromatic heterocycles. The highest BCUT2D eigenvalue weighted by Crippen LogP contribution is 2.50. The van der Waals surface area contributed by atoms with E-state index in [1.807, 2.05) is 55.3 Å². The molecule has 8 heteroatoms. The Balaban J connectivity index is 1.43. The molecule has 2 N–H and O–H groups in total. The Kier molecular flexibility index (Phi) is 8.42. The van der Waals surface area contributed by atoms with Gasteiger partial charge in [-0.05, 0) is 89.9 Å². The van der Waals surface area contributed by atoms with Crippen LogP contribution >= 0.6 is 11.9 Å². The lowest BCUT2D eigenvalue weighted by Crippen LogP contribution is -2.26. The molecule has 0 spiro atoms. The second-order valence-corrected chi connectivity index (χ2v) is 12.7. The van der Waals surface area contributed by atoms with Crippen LogP contribution in [0.15, 0.2) is 66.7 Å². The lowest BCUT2D eigenvalue weighted by molar-refractivity contribution is -0.136. The van der Waals surface area contributed by atoms with E-state index < -0.39 is 5.97 Å². The molecule has 0 atom stereocenters. The van der Waals surface area contributed by atoms with Gasteiger partial charge in [-0.1, -0.05) is 66.0 Å². The van der Waals surface area contributed by atoms with Gasteiger partial charge in [-0.3, -0.25) is 14.4 Å². The van der Waals surface area contributed by atoms with Crippen LogP contribution in [0.3, 0.4) is 0 Å². The number of rotatable bonds is 8. The number of fused-ring (bicyclic) bond motifs is 3. The number of aliphatic carboxylic acids is 1. The number of nitrogens with one attached hydrogen (secondary N) is 1. The number of benzene rings is 4. The first-order valence-corrected chi connectivity index (χ1v) is 16.4. The minimum atomic E-state index is -0.864. The Hall–Kier alpha value is -4.56. The fraction of sp³-hybridized carbons (Fsp3) is 0.270. The number of anilines is 2. The number of hydrogen-bond acceptors (Lipinski definition) is 5. The Labute approximate surface area is 268 Å². The smallest absolute Gasteiger partial charge is 0.307 e. The summed E-state index contributed by atoms with van der Waals surface area (Å²) >= 11 is 1.62. The highest BCUT2D eigenvalue weighted by Gasteiger charge is 2.31. The van der Waals surface area contributed by atoms with Gasteiger partial charge in [0.15, 0.2) is 0 Å². The van der Waals surface area contributed by atoms with E-state index in [0.717, 1.165) is 67.7 Å². The van der Waals surface area contributed by atoms with Crippen LogP contribution in [-0.2, 0) is 29.1 Å². The molecule has 2 aliphatic heterocycles. The number of likely N-dealkylation sites (tertiary alicyclic amines) is 1. The normalized spacial score (nSPS) is 13.9. The van der Waals surface area contributed by atoms with Crippen molar-refractivity contribution in [2.45, 2.75) is 53.1 Å². The number of carboxylic acids is 1. The van der Waals surface area contributed by atoms with E-state index in [1.165, 1.54) is 0 Å². The summed E-state index contributed by atoms with van der Waals surface area (Å²) in [4.78, 5) is 39.9. The maximum absolute atomic E-state index is 13.7. The molecule has 6 rings (SSSR count). The number of carbonyl (C=O) groups is 3. The zero-order valence-electron chi connectivity index (χ0n) is 26.1. The Morgan fingerprint density at radius 2 is 1.71 bits per heavy atom. The Morgan fingerprint density at radius 3 is 2.40 bits per heavy atom. The van der Waals surface area contributed by atoms with Crippen molar-refractivity contribution < 1.29 is 19.5 Å². The van der Waals surface area contributed by atoms with Crippen molar-refractivity contribution in [1.82, 2.24) is 4.90 Å². The average Bonchev–Trinajstić information content (AvgIpc) is 3.43. The van der Waals surface area contributed by atoms with E-state index in [2.05, 4.69) is 46.9 Å². The summed E-state index contributed by atoms with van der Waals surface area (Å²) in [5.74, 6) is -0.957. The molecule has 2 aliphatic rings. The van der Waals surface area contributed by atoms with Gasteiger partial charge in [-0.15, -0.1) is 0 Å². The van der Waals surface area contributed by atoms with Crippen LogP contribution in [0.2, 0.25) is 0 Å². The standard InChI is InChI=1S/C37H37N3O4S/c1-22-11-13-25(14-12-22)34-24(3)35-31-18-28(16-15-27(31)21-40(45-4)36(35)23(2)30(34)19-33(42)43)38-37(44)29-9-6-5-8-26(29)20-39-17-7-10-32(39)41/h5-6,8-9,11-16,18H,7,10,17,19-21H2,1-4H3,(H,38,44)(H,42,43). The third-order valence-electron chi connectivity index (χ3n) is 8.98. The van der Waals surface area contributed by atoms with Crippen LogP contribution in [0.25, 0.3) is 22.3 Å². The van der Waals surface area contributed by atoms with Gasteiger partial charge in [-0.25, -0.2) is 0 Å². The summed E-state index contributed by atoms with van der Waals surface area (Å²) in [5, 5.41) is 13.1. The number of carbonyl (C=O) groups excluding carboxylic acids is 2. The highest BCUT2D eigenvalue weighted by atomic mass is 32.2. The minimum absolute atomic E-state index is 0.0726.